The van der Waals surface area contributed by atoms with E-state index in [2.05, 4.69) is 11.9 Å². The number of carbonyl (C=O) groups excluding carboxylic acids is 3. The van der Waals surface area contributed by atoms with Gasteiger partial charge in [-0.1, -0.05) is 6.58 Å². The van der Waals surface area contributed by atoms with Crippen molar-refractivity contribution in [3.8, 4) is 11.5 Å². The van der Waals surface area contributed by atoms with E-state index in [0.717, 1.165) is 62.9 Å². The Kier molecular flexibility index (Phi) is 18.1. The van der Waals surface area contributed by atoms with Gasteiger partial charge in [-0.25, -0.2) is 4.79 Å². The van der Waals surface area contributed by atoms with E-state index >= 15 is 0 Å². The first-order valence-electron chi connectivity index (χ1n) is 14.8. The quantitative estimate of drug-likeness (QED) is 0.0758. The Balaban J connectivity index is 1.55. The highest BCUT2D eigenvalue weighted by molar-refractivity contribution is 6.09. The van der Waals surface area contributed by atoms with E-state index in [-0.39, 0.29) is 24.3 Å². The Morgan fingerprint density at radius 3 is 1.62 bits per heavy atom. The molecule has 0 unspecified atom stereocenters. The van der Waals surface area contributed by atoms with E-state index in [1.165, 1.54) is 6.08 Å². The molecule has 9 nitrogen and oxygen atoms in total. The number of aliphatic hydroxyl groups is 1. The predicted octanol–water partition coefficient (Wildman–Crippen LogP) is 5.04. The highest BCUT2D eigenvalue weighted by Crippen LogP contribution is 2.19. The number of aliphatic hydroxyl groups excluding tert-OH is 1. The minimum atomic E-state index is -0.388. The Morgan fingerprint density at radius 1 is 0.667 bits per heavy atom. The zero-order valence-electron chi connectivity index (χ0n) is 24.5. The van der Waals surface area contributed by atoms with Gasteiger partial charge in [-0.05, 0) is 99.9 Å². The topological polar surface area (TPSA) is 120 Å². The van der Waals surface area contributed by atoms with E-state index in [1.54, 1.807) is 24.3 Å². The second kappa shape index (κ2) is 22.0. The molecule has 0 heterocycles. The molecule has 42 heavy (non-hydrogen) atoms. The molecule has 2 aromatic carbocycles. The van der Waals surface area contributed by atoms with Crippen LogP contribution in [0.1, 0.15) is 73.7 Å². The van der Waals surface area contributed by atoms with Crippen LogP contribution in [0.2, 0.25) is 0 Å². The summed E-state index contributed by atoms with van der Waals surface area (Å²) in [6.07, 6.45) is 8.76. The van der Waals surface area contributed by atoms with Crippen LogP contribution in [0.5, 0.6) is 11.5 Å². The van der Waals surface area contributed by atoms with Crippen LogP contribution >= 0.6 is 0 Å². The first-order chi connectivity index (χ1) is 20.5. The van der Waals surface area contributed by atoms with Crippen LogP contribution in [0, 0.1) is 0 Å². The van der Waals surface area contributed by atoms with Crippen LogP contribution in [0.25, 0.3) is 0 Å². The van der Waals surface area contributed by atoms with Gasteiger partial charge >= 0.3 is 11.9 Å². The molecule has 0 spiro atoms. The maximum absolute atomic E-state index is 12.9. The van der Waals surface area contributed by atoms with Crippen LogP contribution in [0.4, 0.5) is 0 Å². The maximum atomic E-state index is 12.9. The zero-order valence-corrected chi connectivity index (χ0v) is 24.5. The van der Waals surface area contributed by atoms with E-state index < -0.39 is 0 Å². The molecule has 0 fully saturated rings. The Hall–Kier alpha value is -3.69. The molecule has 9 heteroatoms. The summed E-state index contributed by atoms with van der Waals surface area (Å²) in [5.74, 6) is 0.766. The van der Waals surface area contributed by atoms with Gasteiger partial charge in [0.2, 0.25) is 0 Å². The average molecular weight is 584 g/mol. The number of carbonyl (C=O) groups is 3. The molecule has 0 saturated heterocycles. The summed E-state index contributed by atoms with van der Waals surface area (Å²) in [4.78, 5) is 35.4. The monoisotopic (exact) mass is 583 g/mol. The minimum absolute atomic E-state index is 0.0556. The van der Waals surface area contributed by atoms with Crippen molar-refractivity contribution < 1.29 is 38.4 Å². The van der Waals surface area contributed by atoms with Crippen molar-refractivity contribution in [3.05, 3.63) is 72.3 Å². The molecule has 230 valence electrons. The standard InChI is InChI=1S/C33H45NO8/c1-2-31(36)41-25-9-5-3-7-23-39-29-15-11-27(12-16-29)33(38)28-13-17-30(18-14-28)40-24-8-4-6-10-26-42-32(37)19-20-34-21-22-35/h2,11-18,34-35H,1,3-10,19-26H2. The summed E-state index contributed by atoms with van der Waals surface area (Å²) >= 11 is 0. The minimum Gasteiger partial charge on any atom is -0.494 e. The molecule has 0 aromatic heterocycles. The van der Waals surface area contributed by atoms with Crippen molar-refractivity contribution in [1.82, 2.24) is 5.32 Å². The number of unbranched alkanes of at least 4 members (excludes halogenated alkanes) is 6. The molecule has 0 aliphatic carbocycles. The fourth-order valence-corrected chi connectivity index (χ4v) is 3.95. The molecule has 0 aliphatic rings. The molecule has 0 saturated carbocycles. The van der Waals surface area contributed by atoms with Gasteiger partial charge in [-0.15, -0.1) is 0 Å². The van der Waals surface area contributed by atoms with Crippen LogP contribution in [0.15, 0.2) is 61.2 Å². The third-order valence-electron chi connectivity index (χ3n) is 6.32. The number of hydrogen-bond acceptors (Lipinski definition) is 9. The van der Waals surface area contributed by atoms with Gasteiger partial charge in [0, 0.05) is 30.3 Å². The van der Waals surface area contributed by atoms with Gasteiger partial charge in [0.15, 0.2) is 5.78 Å². The first-order valence-corrected chi connectivity index (χ1v) is 14.8. The molecule has 2 aromatic rings. The molecular weight excluding hydrogens is 538 g/mol. The Labute approximate surface area is 249 Å². The van der Waals surface area contributed by atoms with Crippen LogP contribution in [-0.2, 0) is 19.1 Å². The molecule has 2 N–H and O–H groups in total. The summed E-state index contributed by atoms with van der Waals surface area (Å²) in [6, 6.07) is 14.3. The number of esters is 2. The third kappa shape index (κ3) is 15.3. The Bertz CT molecular complexity index is 1050. The van der Waals surface area contributed by atoms with Crippen molar-refractivity contribution in [1.29, 1.82) is 0 Å². The lowest BCUT2D eigenvalue weighted by Crippen LogP contribution is -2.22. The number of hydrogen-bond donors (Lipinski definition) is 2. The number of ketones is 1. The highest BCUT2D eigenvalue weighted by atomic mass is 16.5. The number of rotatable bonds is 24. The summed E-state index contributed by atoms with van der Waals surface area (Å²) in [5, 5.41) is 11.6. The lowest BCUT2D eigenvalue weighted by Gasteiger charge is -2.09. The maximum Gasteiger partial charge on any atom is 0.330 e. The lowest BCUT2D eigenvalue weighted by molar-refractivity contribution is -0.143. The Morgan fingerprint density at radius 2 is 1.14 bits per heavy atom. The van der Waals surface area contributed by atoms with E-state index in [0.29, 0.717) is 57.1 Å². The van der Waals surface area contributed by atoms with Gasteiger partial charge in [0.1, 0.15) is 11.5 Å². The SMILES string of the molecule is C=CC(=O)OCCCCCCOc1ccc(C(=O)c2ccc(OCCCCCCOC(=O)CCNCCO)cc2)cc1. The fourth-order valence-electron chi connectivity index (χ4n) is 3.95. The molecule has 2 rings (SSSR count). The molecule has 0 amide bonds. The van der Waals surface area contributed by atoms with Gasteiger partial charge in [-0.2, -0.15) is 0 Å². The van der Waals surface area contributed by atoms with E-state index in [9.17, 15) is 14.4 Å². The third-order valence-corrected chi connectivity index (χ3v) is 6.32. The molecule has 0 bridgehead atoms. The summed E-state index contributed by atoms with van der Waals surface area (Å²) in [7, 11) is 0. The van der Waals surface area contributed by atoms with Crippen molar-refractivity contribution in [3.63, 3.8) is 0 Å². The lowest BCUT2D eigenvalue weighted by atomic mass is 10.0. The largest absolute Gasteiger partial charge is 0.494 e. The van der Waals surface area contributed by atoms with Crippen LogP contribution in [0.3, 0.4) is 0 Å². The second-order valence-electron chi connectivity index (χ2n) is 9.72. The normalized spacial score (nSPS) is 10.6. The van der Waals surface area contributed by atoms with E-state index in [1.807, 2.05) is 24.3 Å². The van der Waals surface area contributed by atoms with Crippen molar-refractivity contribution in [2.75, 3.05) is 46.1 Å². The predicted molar refractivity (Wildman–Crippen MR) is 161 cm³/mol. The molecule has 0 atom stereocenters. The van der Waals surface area contributed by atoms with Crippen LogP contribution < -0.4 is 14.8 Å². The zero-order chi connectivity index (χ0) is 30.3. The van der Waals surface area contributed by atoms with Crippen molar-refractivity contribution in [2.45, 2.75) is 57.8 Å². The fraction of sp³-hybridized carbons (Fsp3) is 0.485. The van der Waals surface area contributed by atoms with Crippen molar-refractivity contribution >= 4 is 17.7 Å². The smallest absolute Gasteiger partial charge is 0.330 e. The summed E-state index contributed by atoms with van der Waals surface area (Å²) in [5.41, 5.74) is 1.18. The molecular formula is C33H45NO8. The van der Waals surface area contributed by atoms with E-state index in [4.69, 9.17) is 24.1 Å². The number of benzene rings is 2. The summed E-state index contributed by atoms with van der Waals surface area (Å²) < 4.78 is 21.7. The first kappa shape index (κ1) is 34.5. The second-order valence-corrected chi connectivity index (χ2v) is 9.72. The van der Waals surface area contributed by atoms with Gasteiger partial charge < -0.3 is 29.4 Å². The number of nitrogens with one attached hydrogen (secondary N) is 1. The average Bonchev–Trinajstić information content (AvgIpc) is 3.02. The van der Waals surface area contributed by atoms with Gasteiger partial charge in [-0.3, -0.25) is 9.59 Å². The van der Waals surface area contributed by atoms with Gasteiger partial charge in [0.25, 0.3) is 0 Å². The van der Waals surface area contributed by atoms with Crippen LogP contribution in [-0.4, -0.2) is 69.0 Å². The molecule has 0 radical (unpaired) electrons. The van der Waals surface area contributed by atoms with Crippen molar-refractivity contribution in [2.24, 2.45) is 0 Å². The molecule has 0 aliphatic heterocycles. The number of ether oxygens (including phenoxy) is 4. The summed E-state index contributed by atoms with van der Waals surface area (Å²) in [6.45, 7) is 6.41. The van der Waals surface area contributed by atoms with Gasteiger partial charge in [0.05, 0.1) is 39.5 Å². The highest BCUT2D eigenvalue weighted by Gasteiger charge is 2.10.